The topological polar surface area (TPSA) is 167 Å². The molecule has 0 aliphatic carbocycles. The van der Waals surface area contributed by atoms with Crippen LogP contribution in [0, 0.1) is 12.1 Å². The van der Waals surface area contributed by atoms with Crippen LogP contribution in [0.4, 0.5) is 18.0 Å². The summed E-state index contributed by atoms with van der Waals surface area (Å²) >= 11 is 0. The van der Waals surface area contributed by atoms with Crippen molar-refractivity contribution in [2.24, 2.45) is 5.28 Å². The zero-order valence-corrected chi connectivity index (χ0v) is 25.0. The number of aromatic nitrogens is 2. The van der Waals surface area contributed by atoms with Crippen molar-refractivity contribution in [2.45, 2.75) is 57.1 Å². The second-order valence-electron chi connectivity index (χ2n) is 9.99. The number of piperidine rings is 1. The molecule has 1 saturated heterocycles. The Bertz CT molecular complexity index is 1660. The SMILES string of the molecule is CC(=O)OC(C)O/N=[N+](/[O-])N1CCCC(OC(=O)NS(=O)(=O)c2ccc(-n3nc(C(F)(F)F)cc3-c3ccc(C)cc3)cc2)C1. The van der Waals surface area contributed by atoms with E-state index in [-0.39, 0.29) is 34.3 Å². The molecule has 2 atom stereocenters. The van der Waals surface area contributed by atoms with Crippen LogP contribution in [-0.2, 0) is 35.3 Å². The first-order valence-corrected chi connectivity index (χ1v) is 14.9. The smallest absolute Gasteiger partial charge is 0.435 e. The van der Waals surface area contributed by atoms with Crippen LogP contribution < -0.4 is 4.72 Å². The van der Waals surface area contributed by atoms with E-state index in [0.717, 1.165) is 40.4 Å². The number of benzene rings is 2. The first-order chi connectivity index (χ1) is 21.1. The van der Waals surface area contributed by atoms with E-state index in [1.165, 1.54) is 19.1 Å². The predicted molar refractivity (Wildman–Crippen MR) is 149 cm³/mol. The van der Waals surface area contributed by atoms with E-state index in [1.54, 1.807) is 29.0 Å². The van der Waals surface area contributed by atoms with Gasteiger partial charge in [0.1, 0.15) is 12.6 Å². The minimum atomic E-state index is -4.72. The number of sulfonamides is 1. The van der Waals surface area contributed by atoms with Gasteiger partial charge < -0.3 is 14.7 Å². The van der Waals surface area contributed by atoms with E-state index in [9.17, 15) is 36.4 Å². The van der Waals surface area contributed by atoms with E-state index >= 15 is 0 Å². The molecule has 14 nitrogen and oxygen atoms in total. The molecule has 2 heterocycles. The van der Waals surface area contributed by atoms with Crippen LogP contribution >= 0.6 is 0 Å². The molecule has 0 saturated carbocycles. The van der Waals surface area contributed by atoms with Crippen molar-refractivity contribution in [1.29, 1.82) is 0 Å². The number of esters is 1. The van der Waals surface area contributed by atoms with Crippen LogP contribution in [0.3, 0.4) is 0 Å². The largest absolute Gasteiger partial charge is 0.569 e. The minimum absolute atomic E-state index is 0.104. The van der Waals surface area contributed by atoms with Crippen LogP contribution in [0.2, 0.25) is 0 Å². The Hall–Kier alpha value is -4.87. The molecule has 18 heteroatoms. The van der Waals surface area contributed by atoms with Crippen molar-refractivity contribution in [2.75, 3.05) is 13.1 Å². The highest BCUT2D eigenvalue weighted by Crippen LogP contribution is 2.33. The predicted octanol–water partition coefficient (Wildman–Crippen LogP) is 4.46. The third-order valence-electron chi connectivity index (χ3n) is 6.43. The van der Waals surface area contributed by atoms with Crippen molar-refractivity contribution >= 4 is 22.1 Å². The Labute approximate surface area is 255 Å². The van der Waals surface area contributed by atoms with Crippen LogP contribution in [0.1, 0.15) is 37.9 Å². The number of hydrogen-bond acceptors (Lipinski definition) is 10. The van der Waals surface area contributed by atoms with Gasteiger partial charge >= 0.3 is 18.2 Å². The Morgan fingerprint density at radius 3 is 2.44 bits per heavy atom. The molecule has 2 unspecified atom stereocenters. The maximum absolute atomic E-state index is 13.5. The van der Waals surface area contributed by atoms with Gasteiger partial charge in [-0.25, -0.2) is 22.6 Å². The summed E-state index contributed by atoms with van der Waals surface area (Å²) in [6, 6.07) is 12.4. The Balaban J connectivity index is 1.43. The number of nitrogens with zero attached hydrogens (tertiary/aromatic N) is 5. The molecule has 1 N–H and O–H groups in total. The molecule has 1 fully saturated rings. The number of carbonyl (C=O) groups excluding carboxylic acids is 2. The van der Waals surface area contributed by atoms with Gasteiger partial charge in [0.2, 0.25) is 5.28 Å². The number of ether oxygens (including phenoxy) is 2. The fourth-order valence-electron chi connectivity index (χ4n) is 4.34. The highest BCUT2D eigenvalue weighted by atomic mass is 32.2. The van der Waals surface area contributed by atoms with Gasteiger partial charge in [0.05, 0.1) is 27.8 Å². The monoisotopic (exact) mass is 654 g/mol. The Morgan fingerprint density at radius 2 is 1.82 bits per heavy atom. The van der Waals surface area contributed by atoms with E-state index < -0.39 is 46.4 Å². The number of hydrogen-bond donors (Lipinski definition) is 1. The fourth-order valence-corrected chi connectivity index (χ4v) is 5.22. The molecule has 2 aromatic carbocycles. The number of rotatable bonds is 9. The van der Waals surface area contributed by atoms with E-state index in [2.05, 4.69) is 10.4 Å². The molecule has 4 rings (SSSR count). The number of aryl methyl sites for hydroxylation is 1. The lowest BCUT2D eigenvalue weighted by Gasteiger charge is -2.28. The van der Waals surface area contributed by atoms with E-state index in [1.807, 2.05) is 6.92 Å². The van der Waals surface area contributed by atoms with E-state index in [0.29, 0.717) is 18.4 Å². The van der Waals surface area contributed by atoms with Crippen LogP contribution in [0.15, 0.2) is 64.8 Å². The number of carbonyl (C=O) groups is 2. The summed E-state index contributed by atoms with van der Waals surface area (Å²) in [5, 5.41) is 20.4. The summed E-state index contributed by atoms with van der Waals surface area (Å²) < 4.78 is 78.9. The standard InChI is InChI=1S/C27H29F3N6O8S/c1-17-6-8-20(9-7-17)24-15-25(27(28,29)30)31-35(24)21-10-12-23(13-11-21)45(40,41)32-26(38)43-22-5-4-14-34(16-22)36(39)33-44-19(3)42-18(2)37/h6-13,15,19,22H,4-5,14,16H2,1-3H3,(H,32,38)/b36-33+. The lowest BCUT2D eigenvalue weighted by atomic mass is 10.1. The molecule has 242 valence electrons. The molecule has 3 aromatic rings. The Morgan fingerprint density at radius 1 is 1.16 bits per heavy atom. The maximum atomic E-state index is 13.5. The zero-order chi connectivity index (χ0) is 32.9. The summed E-state index contributed by atoms with van der Waals surface area (Å²) in [6.45, 7) is 4.44. The summed E-state index contributed by atoms with van der Waals surface area (Å²) in [5.74, 6) is -0.636. The first kappa shape index (κ1) is 33.0. The summed E-state index contributed by atoms with van der Waals surface area (Å²) in [7, 11) is -4.45. The molecule has 0 radical (unpaired) electrons. The molecular formula is C27H29F3N6O8S. The van der Waals surface area contributed by atoms with Gasteiger partial charge in [-0.05, 0) is 50.1 Å². The normalized spacial score (nSPS) is 16.5. The van der Waals surface area contributed by atoms with Gasteiger partial charge in [0.25, 0.3) is 16.3 Å². The first-order valence-electron chi connectivity index (χ1n) is 13.5. The molecular weight excluding hydrogens is 625 g/mol. The second-order valence-corrected chi connectivity index (χ2v) is 11.7. The quantitative estimate of drug-likeness (QED) is 0.114. The molecule has 1 amide bonds. The lowest BCUT2D eigenvalue weighted by Crippen LogP contribution is -2.45. The van der Waals surface area contributed by atoms with Crippen molar-refractivity contribution in [1.82, 2.24) is 19.5 Å². The average Bonchev–Trinajstić information content (AvgIpc) is 3.42. The highest BCUT2D eigenvalue weighted by molar-refractivity contribution is 7.90. The maximum Gasteiger partial charge on any atom is 0.435 e. The van der Waals surface area contributed by atoms with Crippen LogP contribution in [-0.4, -0.2) is 65.7 Å². The fraction of sp³-hybridized carbons (Fsp3) is 0.370. The van der Waals surface area contributed by atoms with Crippen LogP contribution in [0.5, 0.6) is 0 Å². The summed E-state index contributed by atoms with van der Waals surface area (Å²) in [4.78, 5) is 27.9. The minimum Gasteiger partial charge on any atom is -0.569 e. The van der Waals surface area contributed by atoms with E-state index in [4.69, 9.17) is 14.3 Å². The highest BCUT2D eigenvalue weighted by Gasteiger charge is 2.35. The number of alkyl halides is 3. The van der Waals surface area contributed by atoms with Crippen molar-refractivity contribution in [3.05, 3.63) is 71.1 Å². The van der Waals surface area contributed by atoms with Crippen LogP contribution in [0.25, 0.3) is 16.9 Å². The van der Waals surface area contributed by atoms with Crippen molar-refractivity contribution < 1.29 is 50.5 Å². The van der Waals surface area contributed by atoms with Gasteiger partial charge in [0, 0.05) is 19.4 Å². The van der Waals surface area contributed by atoms with Gasteiger partial charge in [-0.1, -0.05) is 29.8 Å². The second kappa shape index (κ2) is 13.4. The molecule has 1 aliphatic rings. The van der Waals surface area contributed by atoms with Gasteiger partial charge in [0.15, 0.2) is 5.69 Å². The molecule has 0 spiro atoms. The molecule has 45 heavy (non-hydrogen) atoms. The lowest BCUT2D eigenvalue weighted by molar-refractivity contribution is -0.716. The third kappa shape index (κ3) is 8.62. The van der Waals surface area contributed by atoms with Crippen molar-refractivity contribution in [3.8, 4) is 16.9 Å². The molecule has 1 aromatic heterocycles. The number of nitrogens with one attached hydrogen (secondary N) is 1. The van der Waals surface area contributed by atoms with Gasteiger partial charge in [-0.2, -0.15) is 18.3 Å². The Kier molecular flexibility index (Phi) is 9.84. The number of hydrazine groups is 1. The number of halogens is 3. The zero-order valence-electron chi connectivity index (χ0n) is 24.2. The summed E-state index contributed by atoms with van der Waals surface area (Å²) in [6.07, 6.45) is -7.29. The number of amides is 1. The molecule has 1 aliphatic heterocycles. The van der Waals surface area contributed by atoms with Gasteiger partial charge in [-0.3, -0.25) is 9.63 Å². The van der Waals surface area contributed by atoms with Gasteiger partial charge in [-0.15, -0.1) is 5.01 Å². The third-order valence-corrected chi connectivity index (χ3v) is 7.75. The summed E-state index contributed by atoms with van der Waals surface area (Å²) in [5.41, 5.74) is 0.518. The molecule has 0 bridgehead atoms. The van der Waals surface area contributed by atoms with Crippen molar-refractivity contribution in [3.63, 3.8) is 0 Å². The average molecular weight is 655 g/mol.